The van der Waals surface area contributed by atoms with Crippen molar-refractivity contribution in [2.75, 3.05) is 10.6 Å². The molecular weight excluding hydrogens is 471 g/mol. The summed E-state index contributed by atoms with van der Waals surface area (Å²) in [6.07, 6.45) is 0.0790. The van der Waals surface area contributed by atoms with Gasteiger partial charge in [0.25, 0.3) is 0 Å². The van der Waals surface area contributed by atoms with Crippen molar-refractivity contribution in [3.05, 3.63) is 69.8 Å². The number of nitrogens with one attached hydrogen (secondary N) is 2. The van der Waals surface area contributed by atoms with Crippen molar-refractivity contribution in [2.24, 2.45) is 0 Å². The molecule has 0 aliphatic carbocycles. The number of anilines is 2. The van der Waals surface area contributed by atoms with Crippen LogP contribution >= 0.6 is 34.3 Å². The van der Waals surface area contributed by atoms with Crippen LogP contribution in [0.3, 0.4) is 0 Å². The van der Waals surface area contributed by atoms with Gasteiger partial charge in [-0.05, 0) is 24.3 Å². The Bertz CT molecular complexity index is 1300. The number of hydrogen-bond donors (Lipinski definition) is 2. The predicted molar refractivity (Wildman–Crippen MR) is 127 cm³/mol. The summed E-state index contributed by atoms with van der Waals surface area (Å²) in [7, 11) is 0. The van der Waals surface area contributed by atoms with Gasteiger partial charge < -0.3 is 10.6 Å². The molecule has 0 aliphatic heterocycles. The summed E-state index contributed by atoms with van der Waals surface area (Å²) >= 11 is 8.82. The minimum atomic E-state index is -0.519. The van der Waals surface area contributed by atoms with Crippen molar-refractivity contribution in [3.63, 3.8) is 0 Å². The quantitative estimate of drug-likeness (QED) is 0.357. The highest BCUT2D eigenvalue weighted by Gasteiger charge is 2.14. The van der Waals surface area contributed by atoms with Crippen LogP contribution < -0.4 is 10.6 Å². The van der Waals surface area contributed by atoms with E-state index in [4.69, 9.17) is 11.6 Å². The number of nitrogens with zero attached hydrogens (tertiary/aromatic N) is 2. The SMILES string of the molecule is CC(=O)Nc1ccc(-c2csc(NC(=O)Cc3csc(-c4ccccc4Cl)n3)n2)c(F)c1. The maximum Gasteiger partial charge on any atom is 0.232 e. The summed E-state index contributed by atoms with van der Waals surface area (Å²) in [6, 6.07) is 11.8. The first-order valence-electron chi connectivity index (χ1n) is 9.41. The summed E-state index contributed by atoms with van der Waals surface area (Å²) in [5, 5.41) is 10.4. The average Bonchev–Trinajstić information content (AvgIpc) is 3.38. The molecule has 0 radical (unpaired) electrons. The third kappa shape index (κ3) is 5.18. The van der Waals surface area contributed by atoms with Gasteiger partial charge in [-0.1, -0.05) is 29.8 Å². The third-order valence-corrected chi connectivity index (χ3v) is 6.33. The fourth-order valence-electron chi connectivity index (χ4n) is 2.93. The van der Waals surface area contributed by atoms with Crippen LogP contribution in [0.25, 0.3) is 21.8 Å². The Kier molecular flexibility index (Phi) is 6.59. The van der Waals surface area contributed by atoms with Gasteiger partial charge in [0.05, 0.1) is 22.8 Å². The number of aromatic nitrogens is 2. The highest BCUT2D eigenvalue weighted by molar-refractivity contribution is 7.14. The van der Waals surface area contributed by atoms with E-state index in [-0.39, 0.29) is 23.8 Å². The zero-order valence-corrected chi connectivity index (χ0v) is 19.1. The number of thiazole rings is 2. The number of amides is 2. The van der Waals surface area contributed by atoms with Crippen molar-refractivity contribution in [1.29, 1.82) is 0 Å². The van der Waals surface area contributed by atoms with Gasteiger partial charge in [0.2, 0.25) is 11.8 Å². The molecule has 6 nitrogen and oxygen atoms in total. The molecule has 2 N–H and O–H groups in total. The Labute approximate surface area is 196 Å². The van der Waals surface area contributed by atoms with Crippen molar-refractivity contribution >= 4 is 56.9 Å². The fourth-order valence-corrected chi connectivity index (χ4v) is 4.80. The highest BCUT2D eigenvalue weighted by Crippen LogP contribution is 2.31. The second kappa shape index (κ2) is 9.56. The van der Waals surface area contributed by atoms with Gasteiger partial charge in [0.15, 0.2) is 5.13 Å². The third-order valence-electron chi connectivity index (χ3n) is 4.31. The zero-order chi connectivity index (χ0) is 22.7. The number of carbonyl (C=O) groups excluding carboxylic acids is 2. The molecule has 0 atom stereocenters. The van der Waals surface area contributed by atoms with E-state index >= 15 is 0 Å². The van der Waals surface area contributed by atoms with Crippen LogP contribution in [0.2, 0.25) is 5.02 Å². The smallest absolute Gasteiger partial charge is 0.232 e. The molecule has 0 aliphatic rings. The summed E-state index contributed by atoms with van der Waals surface area (Å²) < 4.78 is 14.4. The molecule has 0 fully saturated rings. The largest absolute Gasteiger partial charge is 0.326 e. The Morgan fingerprint density at radius 1 is 1.03 bits per heavy atom. The molecule has 2 aromatic carbocycles. The Hall–Kier alpha value is -3.14. The van der Waals surface area contributed by atoms with Crippen LogP contribution in [0.1, 0.15) is 12.6 Å². The van der Waals surface area contributed by atoms with Gasteiger partial charge in [-0.2, -0.15) is 0 Å². The molecule has 4 aromatic rings. The van der Waals surface area contributed by atoms with E-state index in [1.165, 1.54) is 41.7 Å². The number of halogens is 2. The number of benzene rings is 2. The molecule has 0 spiro atoms. The fraction of sp³-hybridized carbons (Fsp3) is 0.0909. The van der Waals surface area contributed by atoms with Gasteiger partial charge in [-0.3, -0.25) is 9.59 Å². The highest BCUT2D eigenvalue weighted by atomic mass is 35.5. The second-order valence-electron chi connectivity index (χ2n) is 6.76. The van der Waals surface area contributed by atoms with E-state index in [9.17, 15) is 14.0 Å². The predicted octanol–water partition coefficient (Wildman–Crippen LogP) is 5.87. The van der Waals surface area contributed by atoms with Crippen LogP contribution in [0.4, 0.5) is 15.2 Å². The summed E-state index contributed by atoms with van der Waals surface area (Å²) in [6.45, 7) is 1.35. The van der Waals surface area contributed by atoms with Gasteiger partial charge in [-0.25, -0.2) is 14.4 Å². The summed E-state index contributed by atoms with van der Waals surface area (Å²) in [5.74, 6) is -1.08. The van der Waals surface area contributed by atoms with Gasteiger partial charge in [0.1, 0.15) is 10.8 Å². The molecule has 32 heavy (non-hydrogen) atoms. The molecule has 0 saturated heterocycles. The van der Waals surface area contributed by atoms with Crippen molar-refractivity contribution in [3.8, 4) is 21.8 Å². The molecule has 2 aromatic heterocycles. The lowest BCUT2D eigenvalue weighted by atomic mass is 10.1. The van der Waals surface area contributed by atoms with Crippen LogP contribution in [0, 0.1) is 5.82 Å². The second-order valence-corrected chi connectivity index (χ2v) is 8.89. The normalized spacial score (nSPS) is 10.7. The Balaban J connectivity index is 1.41. The molecule has 0 unspecified atom stereocenters. The topological polar surface area (TPSA) is 84.0 Å². The molecule has 2 heterocycles. The first-order valence-corrected chi connectivity index (χ1v) is 11.5. The molecule has 10 heteroatoms. The minimum absolute atomic E-state index is 0.0790. The van der Waals surface area contributed by atoms with E-state index in [1.54, 1.807) is 17.5 Å². The van der Waals surface area contributed by atoms with Crippen LogP contribution in [0.15, 0.2) is 53.2 Å². The van der Waals surface area contributed by atoms with Crippen molar-refractivity contribution in [1.82, 2.24) is 9.97 Å². The lowest BCUT2D eigenvalue weighted by Gasteiger charge is -2.05. The van der Waals surface area contributed by atoms with Crippen molar-refractivity contribution < 1.29 is 14.0 Å². The molecule has 162 valence electrons. The lowest BCUT2D eigenvalue weighted by molar-refractivity contribution is -0.116. The van der Waals surface area contributed by atoms with E-state index in [0.717, 1.165) is 10.6 Å². The van der Waals surface area contributed by atoms with Gasteiger partial charge in [0, 0.05) is 34.5 Å². The number of carbonyl (C=O) groups is 2. The lowest BCUT2D eigenvalue weighted by Crippen LogP contribution is -2.14. The van der Waals surface area contributed by atoms with E-state index in [0.29, 0.717) is 27.2 Å². The number of rotatable bonds is 6. The molecule has 4 rings (SSSR count). The Morgan fingerprint density at radius 2 is 1.84 bits per heavy atom. The maximum atomic E-state index is 14.4. The van der Waals surface area contributed by atoms with Crippen molar-refractivity contribution in [2.45, 2.75) is 13.3 Å². The maximum absolute atomic E-state index is 14.4. The zero-order valence-electron chi connectivity index (χ0n) is 16.7. The first-order chi connectivity index (χ1) is 15.4. The average molecular weight is 487 g/mol. The van der Waals surface area contributed by atoms with Gasteiger partial charge in [-0.15, -0.1) is 22.7 Å². The molecule has 0 saturated carbocycles. The number of hydrogen-bond acceptors (Lipinski definition) is 6. The van der Waals surface area contributed by atoms with E-state index in [2.05, 4.69) is 20.6 Å². The molecule has 0 bridgehead atoms. The molecule has 2 amide bonds. The van der Waals surface area contributed by atoms with E-state index in [1.807, 2.05) is 23.6 Å². The summed E-state index contributed by atoms with van der Waals surface area (Å²) in [5.41, 5.74) is 2.48. The standard InChI is InChI=1S/C22H16ClFN4O2S2/c1-12(29)25-13-6-7-16(18(24)8-13)19-11-32-22(27-19)28-20(30)9-14-10-31-21(26-14)15-4-2-3-5-17(15)23/h2-8,10-11H,9H2,1H3,(H,25,29)(H,27,28,30). The minimum Gasteiger partial charge on any atom is -0.326 e. The van der Waals surface area contributed by atoms with Crippen LogP contribution in [-0.2, 0) is 16.0 Å². The molecular formula is C22H16ClFN4O2S2. The summed E-state index contributed by atoms with van der Waals surface area (Å²) in [4.78, 5) is 32.3. The van der Waals surface area contributed by atoms with Crippen LogP contribution in [0.5, 0.6) is 0 Å². The Morgan fingerprint density at radius 3 is 2.59 bits per heavy atom. The van der Waals surface area contributed by atoms with Crippen LogP contribution in [-0.4, -0.2) is 21.8 Å². The van der Waals surface area contributed by atoms with Gasteiger partial charge >= 0.3 is 0 Å². The van der Waals surface area contributed by atoms with E-state index < -0.39 is 5.82 Å². The first kappa shape index (κ1) is 22.1. The monoisotopic (exact) mass is 486 g/mol.